The number of rotatable bonds is 5. The third-order valence-corrected chi connectivity index (χ3v) is 6.85. The topological polar surface area (TPSA) is 91.8 Å². The second-order valence-electron chi connectivity index (χ2n) is 8.33. The first-order valence-corrected chi connectivity index (χ1v) is 11.7. The summed E-state index contributed by atoms with van der Waals surface area (Å²) in [7, 11) is 1.84. The Kier molecular flexibility index (Phi) is 6.39. The van der Waals surface area contributed by atoms with E-state index in [1.807, 2.05) is 50.9 Å². The number of esters is 1. The van der Waals surface area contributed by atoms with E-state index in [9.17, 15) is 14.4 Å². The monoisotopic (exact) mass is 478 g/mol. The van der Waals surface area contributed by atoms with E-state index in [0.29, 0.717) is 22.1 Å². The molecule has 1 N–H and O–H groups in total. The Morgan fingerprint density at radius 3 is 2.65 bits per heavy atom. The van der Waals surface area contributed by atoms with Gasteiger partial charge in [-0.05, 0) is 62.2 Å². The van der Waals surface area contributed by atoms with Gasteiger partial charge in [-0.25, -0.2) is 9.78 Å². The number of anilines is 4. The first-order valence-electron chi connectivity index (χ1n) is 10.8. The molecule has 0 saturated carbocycles. The SMILES string of the molecule is CC(=O)N(c1ccc(C)c(C)c1)c1nc(COC(=O)c2ccc3c(c2)NC(=O)C(C)N3C)cs1. The zero-order valence-corrected chi connectivity index (χ0v) is 20.5. The zero-order chi connectivity index (χ0) is 24.6. The number of hydrogen-bond acceptors (Lipinski definition) is 7. The predicted molar refractivity (Wildman–Crippen MR) is 133 cm³/mol. The normalized spacial score (nSPS) is 14.9. The highest BCUT2D eigenvalue weighted by atomic mass is 32.1. The van der Waals surface area contributed by atoms with Crippen molar-refractivity contribution in [3.05, 3.63) is 64.2 Å². The Labute approximate surface area is 202 Å². The molecule has 0 radical (unpaired) electrons. The van der Waals surface area contributed by atoms with Gasteiger partial charge < -0.3 is 15.0 Å². The lowest BCUT2D eigenvalue weighted by Gasteiger charge is -2.33. The van der Waals surface area contributed by atoms with E-state index in [1.165, 1.54) is 18.3 Å². The Balaban J connectivity index is 1.47. The van der Waals surface area contributed by atoms with Gasteiger partial charge in [-0.3, -0.25) is 14.5 Å². The van der Waals surface area contributed by atoms with Crippen LogP contribution in [0.15, 0.2) is 41.8 Å². The molecule has 8 nitrogen and oxygen atoms in total. The summed E-state index contributed by atoms with van der Waals surface area (Å²) in [6.07, 6.45) is 0. The van der Waals surface area contributed by atoms with Crippen molar-refractivity contribution < 1.29 is 19.1 Å². The maximum absolute atomic E-state index is 12.6. The Bertz CT molecular complexity index is 1290. The molecule has 1 unspecified atom stereocenters. The maximum atomic E-state index is 12.6. The van der Waals surface area contributed by atoms with Crippen molar-refractivity contribution in [2.45, 2.75) is 40.3 Å². The van der Waals surface area contributed by atoms with Gasteiger partial charge in [0.25, 0.3) is 0 Å². The number of benzene rings is 2. The molecule has 1 aliphatic rings. The highest BCUT2D eigenvalue weighted by Gasteiger charge is 2.27. The number of nitrogens with one attached hydrogen (secondary N) is 1. The summed E-state index contributed by atoms with van der Waals surface area (Å²) < 4.78 is 5.45. The number of nitrogens with zero attached hydrogens (tertiary/aromatic N) is 3. The molecule has 1 atom stereocenters. The number of aromatic nitrogens is 1. The molecule has 0 bridgehead atoms. The van der Waals surface area contributed by atoms with Crippen LogP contribution in [0.4, 0.5) is 22.2 Å². The number of fused-ring (bicyclic) bond motifs is 1. The van der Waals surface area contributed by atoms with Crippen LogP contribution >= 0.6 is 11.3 Å². The van der Waals surface area contributed by atoms with Gasteiger partial charge in [0.15, 0.2) is 5.13 Å². The molecular formula is C25H26N4O4S. The highest BCUT2D eigenvalue weighted by molar-refractivity contribution is 7.14. The zero-order valence-electron chi connectivity index (χ0n) is 19.7. The van der Waals surface area contributed by atoms with Crippen LogP contribution in [0.2, 0.25) is 0 Å². The van der Waals surface area contributed by atoms with E-state index in [2.05, 4.69) is 10.3 Å². The minimum absolute atomic E-state index is 0.0333. The second kappa shape index (κ2) is 9.26. The largest absolute Gasteiger partial charge is 0.456 e. The van der Waals surface area contributed by atoms with Crippen molar-refractivity contribution >= 4 is 51.3 Å². The summed E-state index contributed by atoms with van der Waals surface area (Å²) in [6.45, 7) is 7.28. The summed E-state index contributed by atoms with van der Waals surface area (Å²) in [5, 5.41) is 5.10. The van der Waals surface area contributed by atoms with E-state index in [0.717, 1.165) is 22.5 Å². The molecule has 0 fully saturated rings. The van der Waals surface area contributed by atoms with Crippen LogP contribution in [0.1, 0.15) is 41.0 Å². The molecule has 1 aromatic heterocycles. The Hall–Kier alpha value is -3.72. The Morgan fingerprint density at radius 1 is 1.18 bits per heavy atom. The van der Waals surface area contributed by atoms with E-state index >= 15 is 0 Å². The molecule has 2 amide bonds. The fourth-order valence-corrected chi connectivity index (χ4v) is 4.54. The standard InChI is InChI=1S/C25H26N4O4S/c1-14-6-8-20(10-15(14)2)29(17(4)30)25-26-19(13-34-25)12-33-24(32)18-7-9-22-21(11-18)27-23(31)16(3)28(22)5/h6-11,13,16H,12H2,1-5H3,(H,27,31). The maximum Gasteiger partial charge on any atom is 0.338 e. The average Bonchev–Trinajstić information content (AvgIpc) is 3.26. The van der Waals surface area contributed by atoms with Gasteiger partial charge in [0.2, 0.25) is 11.8 Å². The number of carbonyl (C=O) groups excluding carboxylic acids is 3. The summed E-state index contributed by atoms with van der Waals surface area (Å²) >= 11 is 1.31. The predicted octanol–water partition coefficient (Wildman–Crippen LogP) is 4.58. The number of aryl methyl sites for hydroxylation is 2. The van der Waals surface area contributed by atoms with Gasteiger partial charge in [0.05, 0.1) is 28.3 Å². The Morgan fingerprint density at radius 2 is 1.94 bits per heavy atom. The fraction of sp³-hybridized carbons (Fsp3) is 0.280. The molecule has 4 rings (SSSR count). The summed E-state index contributed by atoms with van der Waals surface area (Å²) in [5.41, 5.74) is 5.24. The van der Waals surface area contributed by atoms with E-state index in [1.54, 1.807) is 28.5 Å². The van der Waals surface area contributed by atoms with Crippen molar-refractivity contribution in [2.24, 2.45) is 0 Å². The number of likely N-dealkylation sites (N-methyl/N-ethyl adjacent to an activating group) is 1. The van der Waals surface area contributed by atoms with E-state index < -0.39 is 5.97 Å². The quantitative estimate of drug-likeness (QED) is 0.540. The lowest BCUT2D eigenvalue weighted by Crippen LogP contribution is -2.43. The molecule has 34 heavy (non-hydrogen) atoms. The molecule has 2 heterocycles. The molecule has 0 aliphatic carbocycles. The van der Waals surface area contributed by atoms with Crippen LogP contribution < -0.4 is 15.1 Å². The lowest BCUT2D eigenvalue weighted by atomic mass is 10.1. The van der Waals surface area contributed by atoms with Gasteiger partial charge in [0.1, 0.15) is 12.6 Å². The van der Waals surface area contributed by atoms with Gasteiger partial charge in [0, 0.05) is 19.4 Å². The van der Waals surface area contributed by atoms with Crippen molar-refractivity contribution in [3.8, 4) is 0 Å². The van der Waals surface area contributed by atoms with Crippen LogP contribution in [-0.2, 0) is 20.9 Å². The van der Waals surface area contributed by atoms with Gasteiger partial charge in [-0.2, -0.15) is 0 Å². The van der Waals surface area contributed by atoms with Crippen molar-refractivity contribution in [1.82, 2.24) is 4.98 Å². The van der Waals surface area contributed by atoms with Gasteiger partial charge in [-0.1, -0.05) is 6.07 Å². The minimum atomic E-state index is -0.523. The molecular weight excluding hydrogens is 452 g/mol. The van der Waals surface area contributed by atoms with Crippen LogP contribution in [0.5, 0.6) is 0 Å². The molecule has 9 heteroatoms. The molecule has 1 aliphatic heterocycles. The van der Waals surface area contributed by atoms with Gasteiger partial charge >= 0.3 is 5.97 Å². The molecule has 176 valence electrons. The fourth-order valence-electron chi connectivity index (χ4n) is 3.67. The summed E-state index contributed by atoms with van der Waals surface area (Å²) in [4.78, 5) is 45.0. The third kappa shape index (κ3) is 4.51. The second-order valence-corrected chi connectivity index (χ2v) is 9.17. The van der Waals surface area contributed by atoms with Crippen molar-refractivity contribution in [3.63, 3.8) is 0 Å². The van der Waals surface area contributed by atoms with Crippen LogP contribution in [0.3, 0.4) is 0 Å². The van der Waals surface area contributed by atoms with Gasteiger partial charge in [-0.15, -0.1) is 11.3 Å². The van der Waals surface area contributed by atoms with Crippen molar-refractivity contribution in [1.29, 1.82) is 0 Å². The molecule has 3 aromatic rings. The van der Waals surface area contributed by atoms with Crippen LogP contribution in [0.25, 0.3) is 0 Å². The molecule has 0 spiro atoms. The van der Waals surface area contributed by atoms with Crippen LogP contribution in [0, 0.1) is 13.8 Å². The molecule has 2 aromatic carbocycles. The number of hydrogen-bond donors (Lipinski definition) is 1. The third-order valence-electron chi connectivity index (χ3n) is 5.98. The lowest BCUT2D eigenvalue weighted by molar-refractivity contribution is -0.117. The number of ether oxygens (including phenoxy) is 1. The number of carbonyl (C=O) groups is 3. The first-order chi connectivity index (χ1) is 16.2. The van der Waals surface area contributed by atoms with Crippen LogP contribution in [-0.4, -0.2) is 35.9 Å². The first kappa shape index (κ1) is 23.4. The van der Waals surface area contributed by atoms with Crippen molar-refractivity contribution in [2.75, 3.05) is 22.2 Å². The van der Waals surface area contributed by atoms with E-state index in [-0.39, 0.29) is 24.5 Å². The highest BCUT2D eigenvalue weighted by Crippen LogP contribution is 2.33. The van der Waals surface area contributed by atoms with E-state index in [4.69, 9.17) is 4.74 Å². The smallest absolute Gasteiger partial charge is 0.338 e. The number of amides is 2. The number of thiazole rings is 1. The summed E-state index contributed by atoms with van der Waals surface area (Å²) in [6, 6.07) is 10.6. The summed E-state index contributed by atoms with van der Waals surface area (Å²) in [5.74, 6) is -0.809. The average molecular weight is 479 g/mol. The molecule has 0 saturated heterocycles. The minimum Gasteiger partial charge on any atom is -0.456 e.